The molecule has 1 nitrogen and oxygen atoms in total. The van der Waals surface area contributed by atoms with Crippen molar-refractivity contribution in [3.8, 4) is 0 Å². The van der Waals surface area contributed by atoms with E-state index in [2.05, 4.69) is 43.8 Å². The third-order valence-electron chi connectivity index (χ3n) is 1.77. The van der Waals surface area contributed by atoms with Crippen molar-refractivity contribution in [2.75, 3.05) is 25.1 Å². The molecule has 2 N–H and O–H groups in total. The molecule has 0 fully saturated rings. The van der Waals surface area contributed by atoms with Crippen LogP contribution >= 0.6 is 11.8 Å². The molecule has 12 heavy (non-hydrogen) atoms. The van der Waals surface area contributed by atoms with Crippen molar-refractivity contribution in [1.29, 1.82) is 0 Å². The predicted octanol–water partition coefficient (Wildman–Crippen LogP) is 1.64. The minimum absolute atomic E-state index is 0.747. The van der Waals surface area contributed by atoms with Crippen LogP contribution in [0.25, 0.3) is 0 Å². The first kappa shape index (κ1) is 12.5. The highest BCUT2D eigenvalue weighted by Gasteiger charge is 2.11. The van der Waals surface area contributed by atoms with Gasteiger partial charge in [-0.15, -0.1) is 0 Å². The van der Waals surface area contributed by atoms with Gasteiger partial charge in [-0.25, -0.2) is 0 Å². The summed E-state index contributed by atoms with van der Waals surface area (Å²) >= 11 is 2.11. The molecule has 0 spiro atoms. The first-order valence-corrected chi connectivity index (χ1v) is 9.78. The molecule has 74 valence electrons. The summed E-state index contributed by atoms with van der Waals surface area (Å²) in [7, 11) is 1.39. The normalized spacial score (nSPS) is 12.0. The molecule has 0 aromatic carbocycles. The van der Waals surface area contributed by atoms with E-state index in [0.29, 0.717) is 0 Å². The third-order valence-corrected chi connectivity index (χ3v) is 4.72. The average molecular weight is 206 g/mol. The summed E-state index contributed by atoms with van der Waals surface area (Å²) in [4.78, 5) is 0. The Morgan fingerprint density at radius 3 is 2.33 bits per heavy atom. The van der Waals surface area contributed by atoms with E-state index in [1.165, 1.54) is 30.5 Å². The Morgan fingerprint density at radius 1 is 1.17 bits per heavy atom. The molecule has 0 rings (SSSR count). The number of nitrogens with two attached hydrogens (primary N) is 1. The van der Waals surface area contributed by atoms with E-state index in [0.717, 1.165) is 0 Å². The van der Waals surface area contributed by atoms with E-state index < -0.39 is 8.07 Å². The van der Waals surface area contributed by atoms with Gasteiger partial charge in [-0.3, -0.25) is 0 Å². The lowest BCUT2D eigenvalue weighted by Crippen LogP contribution is -2.80. The Labute approximate surface area is 82.7 Å². The van der Waals surface area contributed by atoms with Crippen molar-refractivity contribution in [2.24, 2.45) is 0 Å². The highest BCUT2D eigenvalue weighted by Crippen LogP contribution is 2.13. The molecule has 0 radical (unpaired) electrons. The van der Waals surface area contributed by atoms with Gasteiger partial charge >= 0.3 is 0 Å². The summed E-state index contributed by atoms with van der Waals surface area (Å²) in [6, 6.07) is 1.50. The lowest BCUT2D eigenvalue weighted by atomic mass is 10.6. The van der Waals surface area contributed by atoms with Crippen LogP contribution in [0, 0.1) is 0 Å². The van der Waals surface area contributed by atoms with E-state index in [4.69, 9.17) is 0 Å². The molecule has 0 heterocycles. The van der Waals surface area contributed by atoms with Crippen LogP contribution in [-0.4, -0.2) is 33.2 Å². The van der Waals surface area contributed by atoms with Gasteiger partial charge < -0.3 is 5.32 Å². The van der Waals surface area contributed by atoms with Gasteiger partial charge in [0.1, 0.15) is 0 Å². The smallest absolute Gasteiger partial charge is 0.0845 e. The molecule has 3 heteroatoms. The van der Waals surface area contributed by atoms with Crippen LogP contribution in [0.4, 0.5) is 0 Å². The first-order chi connectivity index (χ1) is 5.56. The summed E-state index contributed by atoms with van der Waals surface area (Å²) < 4.78 is 0. The quantitative estimate of drug-likeness (QED) is 0.495. The molecule has 0 saturated carbocycles. The zero-order valence-electron chi connectivity index (χ0n) is 9.02. The topological polar surface area (TPSA) is 16.6 Å². The van der Waals surface area contributed by atoms with Crippen LogP contribution < -0.4 is 5.32 Å². The molecule has 0 aliphatic heterocycles. The predicted molar refractivity (Wildman–Crippen MR) is 62.8 cm³/mol. The van der Waals surface area contributed by atoms with Crippen LogP contribution in [0.15, 0.2) is 0 Å². The molecule has 0 saturated heterocycles. The van der Waals surface area contributed by atoms with Crippen LogP contribution in [-0.2, 0) is 0 Å². The maximum atomic E-state index is 2.46. The minimum Gasteiger partial charge on any atom is -0.348 e. The van der Waals surface area contributed by atoms with Gasteiger partial charge in [0.05, 0.1) is 13.6 Å². The van der Waals surface area contributed by atoms with Crippen molar-refractivity contribution in [2.45, 2.75) is 32.1 Å². The zero-order chi connectivity index (χ0) is 9.45. The Hall–Kier alpha value is 0.527. The fourth-order valence-electron chi connectivity index (χ4n) is 1.01. The van der Waals surface area contributed by atoms with Crippen LogP contribution in [0.3, 0.4) is 0 Å². The second kappa shape index (κ2) is 6.98. The largest absolute Gasteiger partial charge is 0.348 e. The van der Waals surface area contributed by atoms with E-state index in [1.807, 2.05) is 0 Å². The Bertz CT molecular complexity index is 101. The van der Waals surface area contributed by atoms with Crippen LogP contribution in [0.1, 0.15) is 6.42 Å². The van der Waals surface area contributed by atoms with Crippen molar-refractivity contribution >= 4 is 19.8 Å². The van der Waals surface area contributed by atoms with Gasteiger partial charge in [0, 0.05) is 13.8 Å². The van der Waals surface area contributed by atoms with Gasteiger partial charge in [0.15, 0.2) is 0 Å². The van der Waals surface area contributed by atoms with E-state index in [-0.39, 0.29) is 0 Å². The maximum absolute atomic E-state index is 2.46. The summed E-state index contributed by atoms with van der Waals surface area (Å²) in [6.45, 7) is 8.64. The van der Waals surface area contributed by atoms with E-state index >= 15 is 0 Å². The van der Waals surface area contributed by atoms with Crippen LogP contribution in [0.5, 0.6) is 0 Å². The third kappa shape index (κ3) is 10.5. The molecule has 0 atom stereocenters. The number of hydrogen-bond donors (Lipinski definition) is 1. The monoisotopic (exact) mass is 206 g/mol. The number of rotatable bonds is 7. The minimum atomic E-state index is -0.747. The molecule has 0 bridgehead atoms. The van der Waals surface area contributed by atoms with Gasteiger partial charge in [-0.2, -0.15) is 11.8 Å². The number of hydrogen-bond acceptors (Lipinski definition) is 1. The van der Waals surface area contributed by atoms with Crippen LogP contribution in [0.2, 0.25) is 25.7 Å². The van der Waals surface area contributed by atoms with Gasteiger partial charge in [0.25, 0.3) is 0 Å². The SMILES string of the molecule is C[NH2+]CCSCCC[Si](C)(C)C. The molecule has 0 unspecified atom stereocenters. The van der Waals surface area contributed by atoms with E-state index in [1.54, 1.807) is 0 Å². The standard InChI is InChI=1S/C9H23NSSi/c1-10-6-8-11-7-5-9-12(2,3)4/h10H,5-9H2,1-4H3/p+1. The maximum Gasteiger partial charge on any atom is 0.0845 e. The van der Waals surface area contributed by atoms with Crippen molar-refractivity contribution < 1.29 is 5.32 Å². The molecule has 0 aromatic rings. The molecule has 0 aromatic heterocycles. The summed E-state index contributed by atoms with van der Waals surface area (Å²) in [5.41, 5.74) is 0. The molecule has 0 aliphatic rings. The lowest BCUT2D eigenvalue weighted by molar-refractivity contribution is -0.622. The Kier molecular flexibility index (Phi) is 7.29. The summed E-state index contributed by atoms with van der Waals surface area (Å²) in [5, 5.41) is 2.26. The molecule has 0 amide bonds. The fourth-order valence-corrected chi connectivity index (χ4v) is 3.46. The highest BCUT2D eigenvalue weighted by molar-refractivity contribution is 7.99. The molecule has 0 aliphatic carbocycles. The molecular weight excluding hydrogens is 182 g/mol. The van der Waals surface area contributed by atoms with Crippen molar-refractivity contribution in [3.63, 3.8) is 0 Å². The first-order valence-electron chi connectivity index (χ1n) is 4.92. The Morgan fingerprint density at radius 2 is 1.83 bits per heavy atom. The Balaban J connectivity index is 3.01. The van der Waals surface area contributed by atoms with Crippen molar-refractivity contribution in [3.05, 3.63) is 0 Å². The van der Waals surface area contributed by atoms with Gasteiger partial charge in [0.2, 0.25) is 0 Å². The number of thioether (sulfide) groups is 1. The highest BCUT2D eigenvalue weighted by atomic mass is 32.2. The van der Waals surface area contributed by atoms with Gasteiger partial charge in [-0.05, 0) is 12.2 Å². The fraction of sp³-hybridized carbons (Fsp3) is 1.00. The summed E-state index contributed by atoms with van der Waals surface area (Å²) in [6.07, 6.45) is 1.43. The summed E-state index contributed by atoms with van der Waals surface area (Å²) in [5.74, 6) is 2.69. The van der Waals surface area contributed by atoms with Crippen molar-refractivity contribution in [1.82, 2.24) is 0 Å². The lowest BCUT2D eigenvalue weighted by Gasteiger charge is -2.14. The second-order valence-corrected chi connectivity index (χ2v) is 11.3. The average Bonchev–Trinajstić information content (AvgIpc) is 1.94. The second-order valence-electron chi connectivity index (χ2n) is 4.47. The molecular formula is C9H24NSSi+. The number of quaternary nitrogens is 1. The zero-order valence-corrected chi connectivity index (χ0v) is 10.8. The van der Waals surface area contributed by atoms with Gasteiger partial charge in [-0.1, -0.05) is 25.7 Å². The van der Waals surface area contributed by atoms with E-state index in [9.17, 15) is 0 Å².